The van der Waals surface area contributed by atoms with Crippen LogP contribution in [0.1, 0.15) is 18.4 Å². The minimum atomic E-state index is -4.68. The molecule has 3 aromatic carbocycles. The highest BCUT2D eigenvalue weighted by molar-refractivity contribution is 7.91. The van der Waals surface area contributed by atoms with Crippen LogP contribution in [-0.2, 0) is 26.1 Å². The van der Waals surface area contributed by atoms with Crippen molar-refractivity contribution in [2.24, 2.45) is 0 Å². The molecule has 1 N–H and O–H groups in total. The van der Waals surface area contributed by atoms with E-state index in [4.69, 9.17) is 9.29 Å². The predicted octanol–water partition coefficient (Wildman–Crippen LogP) is 5.69. The molecule has 0 bridgehead atoms. The number of ether oxygens (including phenoxy) is 1. The quantitative estimate of drug-likeness (QED) is 0.151. The van der Waals surface area contributed by atoms with E-state index in [9.17, 15) is 34.4 Å². The molecule has 0 radical (unpaired) electrons. The first-order valence-electron chi connectivity index (χ1n) is 11.3. The van der Waals surface area contributed by atoms with Crippen LogP contribution in [0.25, 0.3) is 22.2 Å². The molecule has 1 aromatic heterocycles. The summed E-state index contributed by atoms with van der Waals surface area (Å²) in [6.45, 7) is 0. The molecule has 4 aromatic rings. The van der Waals surface area contributed by atoms with E-state index in [2.05, 4.69) is 9.97 Å². The molecule has 14 heteroatoms. The minimum Gasteiger partial charge on any atom is -0.457 e. The Morgan fingerprint density at radius 3 is 2.26 bits per heavy atom. The molecule has 0 aliphatic carbocycles. The van der Waals surface area contributed by atoms with Gasteiger partial charge in [-0.05, 0) is 55.3 Å². The number of para-hydroxylation sites is 1. The topological polar surface area (TPSA) is 124 Å². The highest BCUT2D eigenvalue weighted by atomic mass is 32.2. The van der Waals surface area contributed by atoms with Crippen LogP contribution in [0, 0.1) is 5.82 Å². The Kier molecular flexibility index (Phi) is 7.91. The van der Waals surface area contributed by atoms with E-state index in [1.807, 2.05) is 0 Å². The van der Waals surface area contributed by atoms with Crippen molar-refractivity contribution < 1.29 is 43.7 Å². The number of hydrogen-bond acceptors (Lipinski definition) is 7. The normalized spacial score (nSPS) is 12.5. The fraction of sp³-hybridized carbons (Fsp3) is 0.200. The second kappa shape index (κ2) is 10.9. The van der Waals surface area contributed by atoms with Crippen LogP contribution < -0.4 is 4.74 Å². The lowest BCUT2D eigenvalue weighted by atomic mass is 10.0. The molecular formula is C25H20F4N2O6S2. The Hall–Kier alpha value is -3.62. The van der Waals surface area contributed by atoms with E-state index in [1.54, 1.807) is 0 Å². The largest absolute Gasteiger partial charge is 0.457 e. The lowest BCUT2D eigenvalue weighted by Gasteiger charge is -2.13. The van der Waals surface area contributed by atoms with Crippen LogP contribution in [0.2, 0.25) is 0 Å². The number of rotatable bonds is 9. The lowest BCUT2D eigenvalue weighted by Crippen LogP contribution is -2.10. The molecule has 0 aliphatic heterocycles. The van der Waals surface area contributed by atoms with Crippen LogP contribution >= 0.6 is 0 Å². The van der Waals surface area contributed by atoms with Gasteiger partial charge in [0.25, 0.3) is 10.1 Å². The van der Waals surface area contributed by atoms with Crippen molar-refractivity contribution in [3.8, 4) is 22.8 Å². The number of alkyl halides is 3. The fourth-order valence-electron chi connectivity index (χ4n) is 3.84. The molecule has 0 atom stereocenters. The second-order valence-corrected chi connectivity index (χ2v) is 12.1. The van der Waals surface area contributed by atoms with E-state index >= 15 is 0 Å². The van der Waals surface area contributed by atoms with E-state index in [0.717, 1.165) is 18.5 Å². The van der Waals surface area contributed by atoms with Gasteiger partial charge in [0.2, 0.25) is 0 Å². The summed E-state index contributed by atoms with van der Waals surface area (Å²) in [4.78, 5) is 7.64. The highest BCUT2D eigenvalue weighted by Gasteiger charge is 2.33. The predicted molar refractivity (Wildman–Crippen MR) is 134 cm³/mol. The molecule has 1 heterocycles. The maximum Gasteiger partial charge on any atom is 0.418 e. The summed E-state index contributed by atoms with van der Waals surface area (Å²) >= 11 is 0. The lowest BCUT2D eigenvalue weighted by molar-refractivity contribution is -0.136. The van der Waals surface area contributed by atoms with Gasteiger partial charge in [-0.25, -0.2) is 22.8 Å². The van der Waals surface area contributed by atoms with Crippen molar-refractivity contribution in [2.45, 2.75) is 23.9 Å². The molecule has 0 saturated carbocycles. The molecule has 0 fully saturated rings. The number of hydrogen-bond donors (Lipinski definition) is 1. The van der Waals surface area contributed by atoms with Crippen molar-refractivity contribution in [2.75, 3.05) is 11.5 Å². The number of nitrogens with zero attached hydrogens (tertiary/aromatic N) is 2. The van der Waals surface area contributed by atoms with Gasteiger partial charge in [0, 0.05) is 10.9 Å². The van der Waals surface area contributed by atoms with Crippen molar-refractivity contribution in [3.05, 3.63) is 78.4 Å². The average Bonchev–Trinajstić information content (AvgIpc) is 2.86. The van der Waals surface area contributed by atoms with Gasteiger partial charge in [-0.15, -0.1) is 0 Å². The van der Waals surface area contributed by atoms with Crippen LogP contribution in [0.15, 0.2) is 71.9 Å². The monoisotopic (exact) mass is 584 g/mol. The Bertz CT molecular complexity index is 1740. The Balaban J connectivity index is 1.62. The van der Waals surface area contributed by atoms with Gasteiger partial charge >= 0.3 is 6.18 Å². The number of halogens is 4. The third-order valence-electron chi connectivity index (χ3n) is 5.63. The Labute approximate surface area is 221 Å². The molecule has 0 unspecified atom stereocenters. The molecule has 0 saturated heterocycles. The molecule has 8 nitrogen and oxygen atoms in total. The molecule has 206 valence electrons. The zero-order chi connectivity index (χ0) is 28.4. The maximum atomic E-state index is 14.8. The summed E-state index contributed by atoms with van der Waals surface area (Å²) in [5.41, 5.74) is -1.63. The van der Waals surface area contributed by atoms with Gasteiger partial charge in [-0.2, -0.15) is 21.6 Å². The molecule has 0 aliphatic rings. The van der Waals surface area contributed by atoms with Crippen molar-refractivity contribution in [3.63, 3.8) is 0 Å². The first kappa shape index (κ1) is 28.4. The Morgan fingerprint density at radius 2 is 1.54 bits per heavy atom. The van der Waals surface area contributed by atoms with Crippen molar-refractivity contribution >= 4 is 30.9 Å². The number of unbranched alkanes of at least 4 members (excludes halogenated alkanes) is 1. The summed E-state index contributed by atoms with van der Waals surface area (Å²) in [6, 6.07) is 12.4. The van der Waals surface area contributed by atoms with E-state index in [1.165, 1.54) is 48.5 Å². The van der Waals surface area contributed by atoms with Gasteiger partial charge in [-0.1, -0.05) is 18.2 Å². The molecule has 0 spiro atoms. The van der Waals surface area contributed by atoms with Gasteiger partial charge < -0.3 is 4.74 Å². The molecule has 39 heavy (non-hydrogen) atoms. The first-order valence-corrected chi connectivity index (χ1v) is 14.6. The summed E-state index contributed by atoms with van der Waals surface area (Å²) in [5.74, 6) is -1.56. The highest BCUT2D eigenvalue weighted by Crippen LogP contribution is 2.38. The van der Waals surface area contributed by atoms with E-state index in [0.29, 0.717) is 0 Å². The van der Waals surface area contributed by atoms with Crippen molar-refractivity contribution in [1.82, 2.24) is 9.97 Å². The smallest absolute Gasteiger partial charge is 0.418 e. The number of fused-ring (bicyclic) bond motifs is 1. The van der Waals surface area contributed by atoms with E-state index < -0.39 is 48.8 Å². The SMILES string of the molecule is O=S(=O)(O)CCCCS(=O)(=O)c1cccc(Oc2ccc(F)c(-c3ncnc4c(C(F)(F)F)cccc34)c2)c1. The van der Waals surface area contributed by atoms with Crippen LogP contribution in [-0.4, -0.2) is 42.9 Å². The van der Waals surface area contributed by atoms with Crippen LogP contribution in [0.5, 0.6) is 11.5 Å². The first-order chi connectivity index (χ1) is 18.2. The molecule has 0 amide bonds. The van der Waals surface area contributed by atoms with Crippen LogP contribution in [0.3, 0.4) is 0 Å². The second-order valence-electron chi connectivity index (χ2n) is 8.45. The summed E-state index contributed by atoms with van der Waals surface area (Å²) in [7, 11) is -8.01. The van der Waals surface area contributed by atoms with Gasteiger partial charge in [0.05, 0.1) is 33.2 Å². The molecular weight excluding hydrogens is 564 g/mol. The van der Waals surface area contributed by atoms with E-state index in [-0.39, 0.29) is 51.6 Å². The zero-order valence-corrected chi connectivity index (χ0v) is 21.5. The summed E-state index contributed by atoms with van der Waals surface area (Å²) < 4.78 is 117. The average molecular weight is 585 g/mol. The number of aromatic nitrogens is 2. The van der Waals surface area contributed by atoms with Crippen molar-refractivity contribution in [1.29, 1.82) is 0 Å². The Morgan fingerprint density at radius 1 is 0.846 bits per heavy atom. The van der Waals surface area contributed by atoms with Crippen LogP contribution in [0.4, 0.5) is 17.6 Å². The number of sulfone groups is 1. The summed E-state index contributed by atoms with van der Waals surface area (Å²) in [5, 5.41) is -0.0227. The summed E-state index contributed by atoms with van der Waals surface area (Å²) in [6.07, 6.45) is -3.83. The number of benzene rings is 3. The standard InChI is InChI=1S/C25H20F4N2O6S2/c26-22-10-9-17(14-20(22)23-19-7-4-8-21(25(27,28)29)24(19)31-15-30-23)37-16-5-3-6-18(13-16)38(32,33)11-1-2-12-39(34,35)36/h3-10,13-15H,1-2,11-12H2,(H,34,35,36). The third kappa shape index (κ3) is 6.88. The van der Waals surface area contributed by atoms with Gasteiger partial charge in [-0.3, -0.25) is 4.55 Å². The van der Waals surface area contributed by atoms with Gasteiger partial charge in [0.15, 0.2) is 9.84 Å². The minimum absolute atomic E-state index is 0.00251. The van der Waals surface area contributed by atoms with Gasteiger partial charge in [0.1, 0.15) is 23.6 Å². The fourth-order valence-corrected chi connectivity index (χ4v) is 5.81. The zero-order valence-electron chi connectivity index (χ0n) is 19.9. The maximum absolute atomic E-state index is 14.8. The molecule has 4 rings (SSSR count). The third-order valence-corrected chi connectivity index (χ3v) is 8.23.